The Morgan fingerprint density at radius 2 is 1.35 bits per heavy atom. The minimum atomic E-state index is -6.00. The van der Waals surface area contributed by atoms with Crippen LogP contribution in [0.2, 0.25) is 0 Å². The second-order valence-corrected chi connectivity index (χ2v) is 5.40. The van der Waals surface area contributed by atoms with Crippen LogP contribution in [0, 0.1) is 0 Å². The van der Waals surface area contributed by atoms with Gasteiger partial charge in [0.05, 0.1) is 14.2 Å². The molecule has 0 aliphatic heterocycles. The van der Waals surface area contributed by atoms with Crippen LogP contribution >= 0.6 is 0 Å². The summed E-state index contributed by atoms with van der Waals surface area (Å²) in [5, 5.41) is 9.91. The van der Waals surface area contributed by atoms with Crippen LogP contribution in [0.1, 0.15) is 5.56 Å². The Kier molecular flexibility index (Phi) is 7.48. The number of rotatable bonds is 3. The lowest BCUT2D eigenvalue weighted by molar-refractivity contribution is -0.462. The van der Waals surface area contributed by atoms with Crippen LogP contribution in [0.5, 0.6) is 17.2 Å². The minimum Gasteiger partial charge on any atom is -0.502 e. The molecule has 1 aliphatic rings. The second kappa shape index (κ2) is 9.12. The van der Waals surface area contributed by atoms with Crippen molar-refractivity contribution in [1.29, 1.82) is 0 Å². The SMILES string of the molecule is COc1cc(C=C2C=CC(=[N+](C)C)C=C2)cc(OC)c1O.F[B-](F)(F)F. The molecule has 9 heteroatoms. The van der Waals surface area contributed by atoms with E-state index in [0.29, 0.717) is 11.5 Å². The number of phenols is 1. The highest BCUT2D eigenvalue weighted by molar-refractivity contribution is 6.50. The summed E-state index contributed by atoms with van der Waals surface area (Å²) in [6.07, 6.45) is 10.2. The molecule has 1 aromatic carbocycles. The van der Waals surface area contributed by atoms with Crippen LogP contribution in [0.4, 0.5) is 17.3 Å². The van der Waals surface area contributed by atoms with E-state index >= 15 is 0 Å². The van der Waals surface area contributed by atoms with Crippen molar-refractivity contribution in [2.24, 2.45) is 0 Å². The van der Waals surface area contributed by atoms with Crippen LogP contribution in [0.15, 0.2) is 42.0 Å². The van der Waals surface area contributed by atoms with E-state index in [2.05, 4.69) is 16.7 Å². The van der Waals surface area contributed by atoms with Gasteiger partial charge >= 0.3 is 7.25 Å². The van der Waals surface area contributed by atoms with Crippen LogP contribution < -0.4 is 9.47 Å². The van der Waals surface area contributed by atoms with Gasteiger partial charge in [0, 0.05) is 12.2 Å². The van der Waals surface area contributed by atoms with E-state index in [-0.39, 0.29) is 5.75 Å². The molecule has 0 aromatic heterocycles. The zero-order chi connectivity index (χ0) is 19.9. The van der Waals surface area contributed by atoms with Gasteiger partial charge in [-0.1, -0.05) is 0 Å². The summed E-state index contributed by atoms with van der Waals surface area (Å²) in [4.78, 5) is 0. The standard InChI is InChI=1S/C17H19NO3.BF4/c1-18(2)14-7-5-12(6-8-14)9-13-10-15(20-3)17(19)16(11-13)21-4;2-1(3,4)5/h5-11H,1-4H3;/q;-1/p+1. The molecule has 1 aliphatic carbocycles. The fourth-order valence-corrected chi connectivity index (χ4v) is 2.06. The highest BCUT2D eigenvalue weighted by Crippen LogP contribution is 2.37. The minimum absolute atomic E-state index is 0.0140. The molecule has 0 radical (unpaired) electrons. The summed E-state index contributed by atoms with van der Waals surface area (Å²) < 4.78 is 51.4. The maximum atomic E-state index is 9.91. The average Bonchev–Trinajstić information content (AvgIpc) is 2.55. The van der Waals surface area contributed by atoms with Crippen molar-refractivity contribution < 1.29 is 36.4 Å². The van der Waals surface area contributed by atoms with Gasteiger partial charge in [-0.15, -0.1) is 0 Å². The highest BCUT2D eigenvalue weighted by Gasteiger charge is 2.20. The molecular weight excluding hydrogens is 353 g/mol. The van der Waals surface area contributed by atoms with Crippen LogP contribution in [-0.2, 0) is 0 Å². The Morgan fingerprint density at radius 3 is 1.69 bits per heavy atom. The number of nitrogens with zero attached hydrogens (tertiary/aromatic N) is 1. The molecule has 26 heavy (non-hydrogen) atoms. The molecule has 0 amide bonds. The lowest BCUT2D eigenvalue weighted by Gasteiger charge is -2.10. The number of allylic oxidation sites excluding steroid dienone is 5. The van der Waals surface area contributed by atoms with E-state index in [4.69, 9.17) is 9.47 Å². The number of halogens is 4. The molecule has 0 saturated heterocycles. The van der Waals surface area contributed by atoms with E-state index in [0.717, 1.165) is 16.8 Å². The predicted molar refractivity (Wildman–Crippen MR) is 94.8 cm³/mol. The molecule has 0 atom stereocenters. The number of methoxy groups -OCH3 is 2. The van der Waals surface area contributed by atoms with Crippen molar-refractivity contribution in [2.75, 3.05) is 28.3 Å². The normalized spacial score (nSPS) is 13.1. The Labute approximate surface area is 149 Å². The topological polar surface area (TPSA) is 41.7 Å². The van der Waals surface area contributed by atoms with Crippen LogP contribution in [0.3, 0.4) is 0 Å². The van der Waals surface area contributed by atoms with Gasteiger partial charge in [0.25, 0.3) is 0 Å². The average molecular weight is 373 g/mol. The van der Waals surface area contributed by atoms with Crippen molar-refractivity contribution in [3.8, 4) is 17.2 Å². The third kappa shape index (κ3) is 7.04. The largest absolute Gasteiger partial charge is 0.673 e. The summed E-state index contributed by atoms with van der Waals surface area (Å²) in [5.41, 5.74) is 3.11. The maximum Gasteiger partial charge on any atom is 0.673 e. The Balaban J connectivity index is 0.000000597. The first-order valence-electron chi connectivity index (χ1n) is 7.49. The molecule has 2 rings (SSSR count). The molecule has 142 valence electrons. The molecule has 0 saturated carbocycles. The van der Waals surface area contributed by atoms with Crippen molar-refractivity contribution in [3.05, 3.63) is 47.6 Å². The van der Waals surface area contributed by atoms with Crippen molar-refractivity contribution in [3.63, 3.8) is 0 Å². The Hall–Kier alpha value is -2.71. The molecule has 4 nitrogen and oxygen atoms in total. The van der Waals surface area contributed by atoms with Gasteiger partial charge in [-0.3, -0.25) is 0 Å². The molecule has 0 unspecified atom stereocenters. The van der Waals surface area contributed by atoms with Gasteiger partial charge in [0.15, 0.2) is 17.2 Å². The van der Waals surface area contributed by atoms with E-state index in [9.17, 15) is 22.4 Å². The smallest absolute Gasteiger partial charge is 0.502 e. The van der Waals surface area contributed by atoms with Crippen LogP contribution in [-0.4, -0.2) is 51.0 Å². The summed E-state index contributed by atoms with van der Waals surface area (Å²) in [5.74, 6) is 0.802. The first-order valence-corrected chi connectivity index (χ1v) is 7.49. The van der Waals surface area contributed by atoms with E-state index in [1.165, 1.54) is 14.2 Å². The molecular formula is C17H20BF4NO3. The first-order chi connectivity index (χ1) is 12.0. The van der Waals surface area contributed by atoms with E-state index in [1.54, 1.807) is 12.1 Å². The predicted octanol–water partition coefficient (Wildman–Crippen LogP) is 3.93. The lowest BCUT2D eigenvalue weighted by atomic mass is 10.0. The first kappa shape index (κ1) is 21.3. The quantitative estimate of drug-likeness (QED) is 0.496. The fraction of sp³-hybridized carbons (Fsp3) is 0.235. The Bertz CT molecular complexity index is 715. The summed E-state index contributed by atoms with van der Waals surface area (Å²) in [6, 6.07) is 3.55. The van der Waals surface area contributed by atoms with Crippen molar-refractivity contribution in [1.82, 2.24) is 0 Å². The van der Waals surface area contributed by atoms with Gasteiger partial charge in [-0.05, 0) is 41.5 Å². The van der Waals surface area contributed by atoms with Gasteiger partial charge < -0.3 is 31.8 Å². The molecule has 1 N–H and O–H groups in total. The number of hydrogen-bond donors (Lipinski definition) is 1. The van der Waals surface area contributed by atoms with Crippen molar-refractivity contribution >= 4 is 19.0 Å². The summed E-state index contributed by atoms with van der Waals surface area (Å²) in [7, 11) is 1.05. The number of ether oxygens (including phenoxy) is 2. The third-order valence-corrected chi connectivity index (χ3v) is 3.24. The molecule has 0 heterocycles. The monoisotopic (exact) mass is 373 g/mol. The lowest BCUT2D eigenvalue weighted by Crippen LogP contribution is -2.09. The second-order valence-electron chi connectivity index (χ2n) is 5.40. The zero-order valence-electron chi connectivity index (χ0n) is 14.8. The maximum absolute atomic E-state index is 9.91. The number of phenolic OH excluding ortho intramolecular Hbond substituents is 1. The van der Waals surface area contributed by atoms with Crippen LogP contribution in [0.25, 0.3) is 6.08 Å². The molecule has 0 spiro atoms. The number of benzene rings is 1. The highest BCUT2D eigenvalue weighted by atomic mass is 19.5. The Morgan fingerprint density at radius 1 is 0.923 bits per heavy atom. The van der Waals surface area contributed by atoms with Gasteiger partial charge in [-0.2, -0.15) is 0 Å². The van der Waals surface area contributed by atoms with Gasteiger partial charge in [0.1, 0.15) is 14.1 Å². The van der Waals surface area contributed by atoms with Gasteiger partial charge in [-0.25, -0.2) is 4.58 Å². The molecule has 0 fully saturated rings. The van der Waals surface area contributed by atoms with E-state index < -0.39 is 7.25 Å². The number of hydrogen-bond acceptors (Lipinski definition) is 3. The van der Waals surface area contributed by atoms with Crippen molar-refractivity contribution in [2.45, 2.75) is 0 Å². The molecule has 1 aromatic rings. The third-order valence-electron chi connectivity index (χ3n) is 3.24. The summed E-state index contributed by atoms with van der Waals surface area (Å²) in [6.45, 7) is 0. The fourth-order valence-electron chi connectivity index (χ4n) is 2.06. The van der Waals surface area contributed by atoms with E-state index in [1.807, 2.05) is 32.3 Å². The van der Waals surface area contributed by atoms with Gasteiger partial charge in [0.2, 0.25) is 5.75 Å². The molecule has 0 bridgehead atoms. The zero-order valence-corrected chi connectivity index (χ0v) is 14.8. The number of aromatic hydroxyl groups is 1. The summed E-state index contributed by atoms with van der Waals surface area (Å²) >= 11 is 0.